The first-order valence-corrected chi connectivity index (χ1v) is 8.39. The fourth-order valence-corrected chi connectivity index (χ4v) is 4.10. The average Bonchev–Trinajstić information content (AvgIpc) is 3.29. The molecule has 1 aromatic rings. The lowest BCUT2D eigenvalue weighted by Gasteiger charge is -2.13. The topological polar surface area (TPSA) is 54.3 Å². The van der Waals surface area contributed by atoms with Crippen LogP contribution in [-0.4, -0.2) is 32.5 Å². The molecule has 2 heterocycles. The summed E-state index contributed by atoms with van der Waals surface area (Å²) in [5, 5.41) is 8.01. The number of nitrogens with zero attached hydrogens (tertiary/aromatic N) is 3. The van der Waals surface area contributed by atoms with E-state index in [-0.39, 0.29) is 11.8 Å². The minimum atomic E-state index is -0.410. The summed E-state index contributed by atoms with van der Waals surface area (Å²) in [6, 6.07) is 5.94. The molecule has 0 radical (unpaired) electrons. The third-order valence-electron chi connectivity index (χ3n) is 5.44. The standard InChI is InChI=1S/C19H21N3O2/c1-22-17-7-6-14(24-2)11-15(17)19(18(22)23)12-16(19)13-5-3-4-9-20-21-10-8-13/h6-11,16H,3-5,12H2,1-2H3/b13-8+,20-9+,21-10-. The van der Waals surface area contributed by atoms with Crippen LogP contribution in [0, 0.1) is 5.92 Å². The van der Waals surface area contributed by atoms with E-state index in [9.17, 15) is 4.79 Å². The fraction of sp³-hybridized carbons (Fsp3) is 0.421. The molecule has 0 aromatic heterocycles. The molecule has 2 unspecified atom stereocenters. The zero-order valence-corrected chi connectivity index (χ0v) is 14.0. The molecule has 4 rings (SSSR count). The van der Waals surface area contributed by atoms with Gasteiger partial charge in [-0.05, 0) is 55.5 Å². The van der Waals surface area contributed by atoms with Gasteiger partial charge in [0, 0.05) is 31.1 Å². The monoisotopic (exact) mass is 323 g/mol. The number of hydrogen-bond acceptors (Lipinski definition) is 4. The summed E-state index contributed by atoms with van der Waals surface area (Å²) in [5.41, 5.74) is 3.01. The van der Waals surface area contributed by atoms with Crippen molar-refractivity contribution >= 4 is 24.0 Å². The molecule has 0 bridgehead atoms. The Bertz CT molecular complexity index is 781. The number of ether oxygens (including phenoxy) is 1. The van der Waals surface area contributed by atoms with Gasteiger partial charge >= 0.3 is 0 Å². The van der Waals surface area contributed by atoms with Crippen molar-refractivity contribution in [2.24, 2.45) is 16.1 Å². The Kier molecular flexibility index (Phi) is 3.52. The number of fused-ring (bicyclic) bond motifs is 2. The van der Waals surface area contributed by atoms with E-state index in [1.807, 2.05) is 37.5 Å². The van der Waals surface area contributed by atoms with Gasteiger partial charge in [0.25, 0.3) is 0 Å². The summed E-state index contributed by atoms with van der Waals surface area (Å²) < 4.78 is 5.38. The van der Waals surface area contributed by atoms with Gasteiger partial charge in [0.2, 0.25) is 5.91 Å². The molecular formula is C19H21N3O2. The van der Waals surface area contributed by atoms with Crippen LogP contribution < -0.4 is 9.64 Å². The molecule has 5 heteroatoms. The maximum Gasteiger partial charge on any atom is 0.238 e. The van der Waals surface area contributed by atoms with Crippen LogP contribution in [0.1, 0.15) is 31.2 Å². The zero-order chi connectivity index (χ0) is 16.7. The fourth-order valence-electron chi connectivity index (χ4n) is 4.10. The van der Waals surface area contributed by atoms with E-state index < -0.39 is 5.41 Å². The lowest BCUT2D eigenvalue weighted by molar-refractivity contribution is -0.120. The molecule has 0 N–H and O–H groups in total. The highest BCUT2D eigenvalue weighted by atomic mass is 16.5. The molecule has 1 saturated carbocycles. The summed E-state index contributed by atoms with van der Waals surface area (Å²) >= 11 is 0. The van der Waals surface area contributed by atoms with E-state index in [2.05, 4.69) is 10.2 Å². The largest absolute Gasteiger partial charge is 0.497 e. The van der Waals surface area contributed by atoms with Crippen LogP contribution in [0.15, 0.2) is 40.1 Å². The molecule has 1 spiro atoms. The van der Waals surface area contributed by atoms with Gasteiger partial charge in [0.1, 0.15) is 5.75 Å². The van der Waals surface area contributed by atoms with Crippen LogP contribution in [0.5, 0.6) is 5.75 Å². The lowest BCUT2D eigenvalue weighted by Crippen LogP contribution is -2.29. The van der Waals surface area contributed by atoms with Crippen molar-refractivity contribution in [3.8, 4) is 5.75 Å². The summed E-state index contributed by atoms with van der Waals surface area (Å²) in [6.07, 6.45) is 9.47. The van der Waals surface area contributed by atoms with Crippen LogP contribution in [0.3, 0.4) is 0 Å². The summed E-state index contributed by atoms with van der Waals surface area (Å²) in [6.45, 7) is 0. The van der Waals surface area contributed by atoms with Gasteiger partial charge in [0.05, 0.1) is 12.5 Å². The van der Waals surface area contributed by atoms with E-state index in [4.69, 9.17) is 4.74 Å². The molecule has 24 heavy (non-hydrogen) atoms. The van der Waals surface area contributed by atoms with E-state index >= 15 is 0 Å². The summed E-state index contributed by atoms with van der Waals surface area (Å²) in [4.78, 5) is 14.8. The molecule has 0 saturated heterocycles. The van der Waals surface area contributed by atoms with Crippen LogP contribution in [0.25, 0.3) is 0 Å². The van der Waals surface area contributed by atoms with E-state index in [0.29, 0.717) is 0 Å². The van der Waals surface area contributed by atoms with Crippen molar-refractivity contribution in [1.82, 2.24) is 0 Å². The van der Waals surface area contributed by atoms with Gasteiger partial charge in [-0.3, -0.25) is 4.79 Å². The highest BCUT2D eigenvalue weighted by Gasteiger charge is 2.67. The second-order valence-corrected chi connectivity index (χ2v) is 6.67. The van der Waals surface area contributed by atoms with Gasteiger partial charge in [-0.2, -0.15) is 10.2 Å². The van der Waals surface area contributed by atoms with Crippen molar-refractivity contribution in [2.45, 2.75) is 31.1 Å². The van der Waals surface area contributed by atoms with Crippen LogP contribution in [0.4, 0.5) is 5.69 Å². The Morgan fingerprint density at radius 3 is 3.04 bits per heavy atom. The Hall–Kier alpha value is -2.43. The minimum Gasteiger partial charge on any atom is -0.497 e. The number of anilines is 1. The van der Waals surface area contributed by atoms with E-state index in [1.165, 1.54) is 5.57 Å². The highest BCUT2D eigenvalue weighted by molar-refractivity contribution is 6.11. The van der Waals surface area contributed by atoms with Crippen molar-refractivity contribution in [1.29, 1.82) is 0 Å². The number of rotatable bonds is 2. The molecule has 5 nitrogen and oxygen atoms in total. The van der Waals surface area contributed by atoms with E-state index in [1.54, 1.807) is 18.2 Å². The van der Waals surface area contributed by atoms with Crippen LogP contribution in [0.2, 0.25) is 0 Å². The molecule has 124 valence electrons. The first kappa shape index (κ1) is 15.1. The SMILES string of the molecule is COc1ccc2c(c1)C1(CC1/C1=C/C=N\N=C\CCC1)C(=O)N2C. The zero-order valence-electron chi connectivity index (χ0n) is 14.0. The molecule has 1 fully saturated rings. The van der Waals surface area contributed by atoms with Gasteiger partial charge < -0.3 is 9.64 Å². The Morgan fingerprint density at radius 2 is 2.21 bits per heavy atom. The Morgan fingerprint density at radius 1 is 1.33 bits per heavy atom. The number of amides is 1. The average molecular weight is 323 g/mol. The smallest absolute Gasteiger partial charge is 0.238 e. The van der Waals surface area contributed by atoms with Gasteiger partial charge in [-0.15, -0.1) is 0 Å². The van der Waals surface area contributed by atoms with Gasteiger partial charge in [0.15, 0.2) is 0 Å². The number of benzene rings is 1. The van der Waals surface area contributed by atoms with Crippen molar-refractivity contribution in [3.05, 3.63) is 35.4 Å². The third kappa shape index (κ3) is 2.11. The van der Waals surface area contributed by atoms with Crippen molar-refractivity contribution in [2.75, 3.05) is 19.1 Å². The first-order chi connectivity index (χ1) is 11.7. The van der Waals surface area contributed by atoms with Gasteiger partial charge in [-0.25, -0.2) is 0 Å². The second-order valence-electron chi connectivity index (χ2n) is 6.67. The van der Waals surface area contributed by atoms with Gasteiger partial charge in [-0.1, -0.05) is 5.57 Å². The molecule has 1 amide bonds. The summed E-state index contributed by atoms with van der Waals surface area (Å²) in [7, 11) is 3.53. The maximum atomic E-state index is 13.0. The number of hydrogen-bond donors (Lipinski definition) is 0. The Balaban J connectivity index is 1.72. The maximum absolute atomic E-state index is 13.0. The number of methoxy groups -OCH3 is 1. The predicted molar refractivity (Wildman–Crippen MR) is 95.1 cm³/mol. The summed E-state index contributed by atoms with van der Waals surface area (Å²) in [5.74, 6) is 1.26. The molecule has 2 aliphatic heterocycles. The third-order valence-corrected chi connectivity index (χ3v) is 5.44. The van der Waals surface area contributed by atoms with Crippen LogP contribution >= 0.6 is 0 Å². The predicted octanol–water partition coefficient (Wildman–Crippen LogP) is 3.10. The molecule has 1 aromatic carbocycles. The number of likely N-dealkylation sites (N-methyl/N-ethyl adjacent to an activating group) is 1. The normalized spacial score (nSPS) is 33.1. The number of carbonyl (C=O) groups excluding carboxylic acids is 1. The first-order valence-electron chi connectivity index (χ1n) is 8.39. The van der Waals surface area contributed by atoms with E-state index in [0.717, 1.165) is 42.7 Å². The lowest BCUT2D eigenvalue weighted by atomic mass is 9.90. The second kappa shape index (κ2) is 5.58. The van der Waals surface area contributed by atoms with Crippen LogP contribution in [-0.2, 0) is 10.2 Å². The molecular weight excluding hydrogens is 302 g/mol. The quantitative estimate of drug-likeness (QED) is 0.840. The number of carbonyl (C=O) groups is 1. The van der Waals surface area contributed by atoms with Crippen molar-refractivity contribution < 1.29 is 9.53 Å². The number of allylic oxidation sites excluding steroid dienone is 2. The minimum absolute atomic E-state index is 0.199. The molecule has 3 aliphatic rings. The molecule has 1 aliphatic carbocycles. The van der Waals surface area contributed by atoms with Crippen molar-refractivity contribution in [3.63, 3.8) is 0 Å². The Labute approximate surface area is 141 Å². The highest BCUT2D eigenvalue weighted by Crippen LogP contribution is 2.64. The molecule has 2 atom stereocenters.